The second-order valence-corrected chi connectivity index (χ2v) is 6.18. The first-order chi connectivity index (χ1) is 13.1. The fourth-order valence-electron chi connectivity index (χ4n) is 2.80. The third-order valence-corrected chi connectivity index (χ3v) is 4.06. The summed E-state index contributed by atoms with van der Waals surface area (Å²) < 4.78 is 0. The molecular weight excluding hydrogens is 378 g/mol. The first kappa shape index (κ1) is 22.8. The van der Waals surface area contributed by atoms with E-state index in [9.17, 15) is 33.9 Å². The minimum Gasteiger partial charge on any atom is -0.481 e. The summed E-state index contributed by atoms with van der Waals surface area (Å²) in [5.74, 6) is -6.25. The molecule has 156 valence electrons. The van der Waals surface area contributed by atoms with Gasteiger partial charge in [0.15, 0.2) is 0 Å². The SMILES string of the molecule is NCC(=O)NC(CC(=O)O)C(=O)NC(CC(N)=O)C(=O)N1CCC[C@H]1C(=O)O. The molecule has 1 aliphatic heterocycles. The van der Waals surface area contributed by atoms with Crippen LogP contribution in [0.15, 0.2) is 0 Å². The number of carboxylic acid groups (broad SMARTS) is 2. The molecular formula is C15H23N5O8. The highest BCUT2D eigenvalue weighted by molar-refractivity contribution is 5.97. The van der Waals surface area contributed by atoms with Gasteiger partial charge >= 0.3 is 11.9 Å². The molecule has 13 nitrogen and oxygen atoms in total. The molecule has 0 spiro atoms. The smallest absolute Gasteiger partial charge is 0.326 e. The van der Waals surface area contributed by atoms with Crippen molar-refractivity contribution in [2.75, 3.05) is 13.1 Å². The summed E-state index contributed by atoms with van der Waals surface area (Å²) in [7, 11) is 0. The number of hydrogen-bond donors (Lipinski definition) is 6. The van der Waals surface area contributed by atoms with Gasteiger partial charge in [-0.2, -0.15) is 0 Å². The van der Waals surface area contributed by atoms with Gasteiger partial charge in [-0.05, 0) is 12.8 Å². The van der Waals surface area contributed by atoms with Crippen LogP contribution in [0.25, 0.3) is 0 Å². The van der Waals surface area contributed by atoms with Crippen molar-refractivity contribution in [3.63, 3.8) is 0 Å². The van der Waals surface area contributed by atoms with Crippen molar-refractivity contribution in [3.8, 4) is 0 Å². The third kappa shape index (κ3) is 6.50. The standard InChI is InChI=1S/C15H23N5O8/c16-6-11(22)18-7(5-12(23)24)13(25)19-8(4-10(17)21)14(26)20-3-1-2-9(20)15(27)28/h7-9H,1-6,16H2,(H2,17,21)(H,18,22)(H,19,25)(H,23,24)(H,27,28)/t7?,8?,9-/m0/s1. The van der Waals surface area contributed by atoms with Crippen molar-refractivity contribution >= 4 is 35.6 Å². The quantitative estimate of drug-likeness (QED) is 0.212. The van der Waals surface area contributed by atoms with Gasteiger partial charge in [-0.3, -0.25) is 24.0 Å². The lowest BCUT2D eigenvalue weighted by Crippen LogP contribution is -2.57. The maximum absolute atomic E-state index is 12.7. The van der Waals surface area contributed by atoms with Crippen LogP contribution in [0.4, 0.5) is 0 Å². The minimum atomic E-state index is -1.55. The molecule has 1 heterocycles. The predicted molar refractivity (Wildman–Crippen MR) is 91.4 cm³/mol. The maximum atomic E-state index is 12.7. The lowest BCUT2D eigenvalue weighted by Gasteiger charge is -2.28. The number of hydrogen-bond acceptors (Lipinski definition) is 7. The van der Waals surface area contributed by atoms with E-state index in [2.05, 4.69) is 10.6 Å². The van der Waals surface area contributed by atoms with E-state index in [1.54, 1.807) is 0 Å². The Labute approximate surface area is 159 Å². The molecule has 1 saturated heterocycles. The van der Waals surface area contributed by atoms with Gasteiger partial charge in [-0.15, -0.1) is 0 Å². The summed E-state index contributed by atoms with van der Waals surface area (Å²) in [6.45, 7) is -0.384. The molecule has 4 amide bonds. The molecule has 0 radical (unpaired) electrons. The largest absolute Gasteiger partial charge is 0.481 e. The summed E-state index contributed by atoms with van der Waals surface area (Å²) in [6, 6.07) is -4.16. The van der Waals surface area contributed by atoms with Crippen LogP contribution in [-0.4, -0.2) is 81.9 Å². The molecule has 1 aliphatic rings. The molecule has 0 aromatic carbocycles. The van der Waals surface area contributed by atoms with Crippen LogP contribution < -0.4 is 22.1 Å². The minimum absolute atomic E-state index is 0.114. The van der Waals surface area contributed by atoms with Gasteiger partial charge in [0.2, 0.25) is 23.6 Å². The van der Waals surface area contributed by atoms with Crippen LogP contribution in [0, 0.1) is 0 Å². The van der Waals surface area contributed by atoms with E-state index in [1.165, 1.54) is 0 Å². The Bertz CT molecular complexity index is 667. The van der Waals surface area contributed by atoms with E-state index in [0.717, 1.165) is 4.90 Å². The number of carbonyl (C=O) groups excluding carboxylic acids is 4. The topological polar surface area (TPSA) is 222 Å². The molecule has 0 aromatic heterocycles. The van der Waals surface area contributed by atoms with E-state index in [4.69, 9.17) is 16.6 Å². The molecule has 0 bridgehead atoms. The summed E-state index contributed by atoms with van der Waals surface area (Å²) in [6.07, 6.45) is -0.783. The number of nitrogens with two attached hydrogens (primary N) is 2. The Kier molecular flexibility index (Phi) is 8.31. The summed E-state index contributed by atoms with van der Waals surface area (Å²) >= 11 is 0. The van der Waals surface area contributed by atoms with Crippen molar-refractivity contribution in [1.82, 2.24) is 15.5 Å². The number of nitrogens with zero attached hydrogens (tertiary/aromatic N) is 1. The van der Waals surface area contributed by atoms with Crippen molar-refractivity contribution in [3.05, 3.63) is 0 Å². The van der Waals surface area contributed by atoms with Gasteiger partial charge in [-0.25, -0.2) is 4.79 Å². The molecule has 1 fully saturated rings. The van der Waals surface area contributed by atoms with E-state index in [0.29, 0.717) is 6.42 Å². The Hall–Kier alpha value is -3.22. The number of nitrogens with one attached hydrogen (secondary N) is 2. The molecule has 13 heteroatoms. The molecule has 28 heavy (non-hydrogen) atoms. The molecule has 2 unspecified atom stereocenters. The lowest BCUT2D eigenvalue weighted by atomic mass is 10.1. The first-order valence-electron chi connectivity index (χ1n) is 8.40. The Balaban J connectivity index is 2.99. The zero-order valence-electron chi connectivity index (χ0n) is 14.9. The Morgan fingerprint density at radius 2 is 1.68 bits per heavy atom. The molecule has 0 aliphatic carbocycles. The molecule has 1 rings (SSSR count). The highest BCUT2D eigenvalue weighted by atomic mass is 16.4. The maximum Gasteiger partial charge on any atom is 0.326 e. The molecule has 3 atom stereocenters. The molecule has 0 saturated carbocycles. The van der Waals surface area contributed by atoms with E-state index >= 15 is 0 Å². The van der Waals surface area contributed by atoms with Gasteiger partial charge in [0.1, 0.15) is 18.1 Å². The summed E-state index contributed by atoms with van der Waals surface area (Å²) in [5, 5.41) is 22.4. The average Bonchev–Trinajstić information content (AvgIpc) is 3.08. The van der Waals surface area contributed by atoms with E-state index in [-0.39, 0.29) is 13.0 Å². The van der Waals surface area contributed by atoms with Gasteiger partial charge in [0.25, 0.3) is 0 Å². The number of rotatable bonds is 10. The Morgan fingerprint density at radius 3 is 2.18 bits per heavy atom. The Morgan fingerprint density at radius 1 is 1.04 bits per heavy atom. The number of carboxylic acids is 2. The number of carbonyl (C=O) groups is 6. The second-order valence-electron chi connectivity index (χ2n) is 6.18. The van der Waals surface area contributed by atoms with E-state index < -0.39 is 73.1 Å². The number of aliphatic carboxylic acids is 2. The van der Waals surface area contributed by atoms with Crippen molar-refractivity contribution in [2.24, 2.45) is 11.5 Å². The highest BCUT2D eigenvalue weighted by Gasteiger charge is 2.39. The normalized spacial score (nSPS) is 18.0. The number of likely N-dealkylation sites (tertiary alicyclic amines) is 1. The zero-order chi connectivity index (χ0) is 21.4. The van der Waals surface area contributed by atoms with Crippen molar-refractivity contribution < 1.29 is 39.0 Å². The van der Waals surface area contributed by atoms with Crippen LogP contribution >= 0.6 is 0 Å². The van der Waals surface area contributed by atoms with Gasteiger partial charge in [-0.1, -0.05) is 0 Å². The van der Waals surface area contributed by atoms with Crippen LogP contribution in [0.3, 0.4) is 0 Å². The van der Waals surface area contributed by atoms with Crippen LogP contribution in [0.1, 0.15) is 25.7 Å². The molecule has 8 N–H and O–H groups in total. The fraction of sp³-hybridized carbons (Fsp3) is 0.600. The monoisotopic (exact) mass is 401 g/mol. The van der Waals surface area contributed by atoms with Gasteiger partial charge < -0.3 is 37.2 Å². The number of amides is 4. The van der Waals surface area contributed by atoms with Crippen LogP contribution in [0.5, 0.6) is 0 Å². The summed E-state index contributed by atoms with van der Waals surface area (Å²) in [4.78, 5) is 71.0. The second kappa shape index (κ2) is 10.2. The third-order valence-electron chi connectivity index (χ3n) is 4.06. The predicted octanol–water partition coefficient (Wildman–Crippen LogP) is -3.66. The van der Waals surface area contributed by atoms with Gasteiger partial charge in [0, 0.05) is 6.54 Å². The number of primary amides is 1. The van der Waals surface area contributed by atoms with Crippen LogP contribution in [-0.2, 0) is 28.8 Å². The zero-order valence-corrected chi connectivity index (χ0v) is 14.9. The first-order valence-corrected chi connectivity index (χ1v) is 8.40. The van der Waals surface area contributed by atoms with Crippen LogP contribution in [0.2, 0.25) is 0 Å². The molecule has 0 aromatic rings. The van der Waals surface area contributed by atoms with Crippen molar-refractivity contribution in [2.45, 2.75) is 43.8 Å². The summed E-state index contributed by atoms with van der Waals surface area (Å²) in [5.41, 5.74) is 10.2. The average molecular weight is 401 g/mol. The highest BCUT2D eigenvalue weighted by Crippen LogP contribution is 2.19. The van der Waals surface area contributed by atoms with E-state index in [1.807, 2.05) is 0 Å². The fourth-order valence-corrected chi connectivity index (χ4v) is 2.80. The van der Waals surface area contributed by atoms with Gasteiger partial charge in [0.05, 0.1) is 19.4 Å². The lowest BCUT2D eigenvalue weighted by molar-refractivity contribution is -0.150. The van der Waals surface area contributed by atoms with Crippen molar-refractivity contribution in [1.29, 1.82) is 0 Å².